The van der Waals surface area contributed by atoms with Crippen molar-refractivity contribution in [3.63, 3.8) is 0 Å². The van der Waals surface area contributed by atoms with Crippen molar-refractivity contribution in [2.45, 2.75) is 24.9 Å². The molecule has 0 saturated carbocycles. The quantitative estimate of drug-likeness (QED) is 0.680. The van der Waals surface area contributed by atoms with Crippen molar-refractivity contribution < 1.29 is 9.84 Å². The Morgan fingerprint density at radius 2 is 2.50 bits per heavy atom. The van der Waals surface area contributed by atoms with Gasteiger partial charge in [-0.15, -0.1) is 10.2 Å². The van der Waals surface area contributed by atoms with Crippen LogP contribution in [0.2, 0.25) is 0 Å². The van der Waals surface area contributed by atoms with Crippen LogP contribution >= 0.6 is 0 Å². The zero-order valence-electron chi connectivity index (χ0n) is 8.18. The highest BCUT2D eigenvalue weighted by Gasteiger charge is 2.31. The van der Waals surface area contributed by atoms with E-state index in [1.165, 1.54) is 4.80 Å². The van der Waals surface area contributed by atoms with E-state index in [-0.39, 0.29) is 0 Å². The van der Waals surface area contributed by atoms with E-state index in [9.17, 15) is 5.11 Å². The van der Waals surface area contributed by atoms with Gasteiger partial charge < -0.3 is 9.84 Å². The topological polar surface area (TPSA) is 73.1 Å². The first-order valence-electron chi connectivity index (χ1n) is 4.71. The molecule has 14 heavy (non-hydrogen) atoms. The number of aromatic nitrogens is 4. The first-order chi connectivity index (χ1) is 6.68. The molecule has 1 atom stereocenters. The van der Waals surface area contributed by atoms with Gasteiger partial charge in [0.2, 0.25) is 0 Å². The smallest absolute Gasteiger partial charge is 0.177 e. The van der Waals surface area contributed by atoms with Gasteiger partial charge in [-0.25, -0.2) is 0 Å². The standard InChI is InChI=1S/C8H14N4O2/c1-12-10-7(9-11-12)5-8(13)3-2-4-14-6-8/h13H,2-6H2,1H3. The normalized spacial score (nSPS) is 27.9. The SMILES string of the molecule is Cn1nnc(CC2(O)CCCOC2)n1. The number of rotatable bonds is 2. The summed E-state index contributed by atoms with van der Waals surface area (Å²) in [4.78, 5) is 1.39. The summed E-state index contributed by atoms with van der Waals surface area (Å²) in [6.07, 6.45) is 2.04. The van der Waals surface area contributed by atoms with Crippen LogP contribution in [0.3, 0.4) is 0 Å². The summed E-state index contributed by atoms with van der Waals surface area (Å²) >= 11 is 0. The Balaban J connectivity index is 2.01. The Labute approximate surface area is 81.9 Å². The van der Waals surface area contributed by atoms with Crippen LogP contribution in [-0.2, 0) is 18.2 Å². The number of nitrogens with zero attached hydrogens (tertiary/aromatic N) is 4. The van der Waals surface area contributed by atoms with E-state index in [2.05, 4.69) is 15.4 Å². The van der Waals surface area contributed by atoms with Gasteiger partial charge >= 0.3 is 0 Å². The molecule has 2 rings (SSSR count). The molecular weight excluding hydrogens is 184 g/mol. The van der Waals surface area contributed by atoms with Gasteiger partial charge in [-0.3, -0.25) is 0 Å². The number of ether oxygens (including phenoxy) is 1. The zero-order valence-corrected chi connectivity index (χ0v) is 8.18. The van der Waals surface area contributed by atoms with E-state index in [1.54, 1.807) is 7.05 Å². The second-order valence-electron chi connectivity index (χ2n) is 3.75. The van der Waals surface area contributed by atoms with Gasteiger partial charge in [-0.05, 0) is 18.1 Å². The van der Waals surface area contributed by atoms with Crippen LogP contribution in [0.25, 0.3) is 0 Å². The fraction of sp³-hybridized carbons (Fsp3) is 0.875. The molecule has 1 unspecified atom stereocenters. The first kappa shape index (κ1) is 9.54. The highest BCUT2D eigenvalue weighted by atomic mass is 16.5. The third-order valence-corrected chi connectivity index (χ3v) is 2.34. The molecule has 78 valence electrons. The number of hydrogen-bond donors (Lipinski definition) is 1. The fourth-order valence-corrected chi connectivity index (χ4v) is 1.67. The second-order valence-corrected chi connectivity index (χ2v) is 3.75. The molecule has 0 aromatic carbocycles. The van der Waals surface area contributed by atoms with E-state index in [0.717, 1.165) is 19.4 Å². The lowest BCUT2D eigenvalue weighted by Gasteiger charge is -2.30. The van der Waals surface area contributed by atoms with Crippen LogP contribution in [0.5, 0.6) is 0 Å². The van der Waals surface area contributed by atoms with Crippen LogP contribution in [0.1, 0.15) is 18.7 Å². The summed E-state index contributed by atoms with van der Waals surface area (Å²) in [5, 5.41) is 21.7. The zero-order chi connectivity index (χ0) is 10.0. The van der Waals surface area contributed by atoms with Crippen LogP contribution in [0.4, 0.5) is 0 Å². The largest absolute Gasteiger partial charge is 0.387 e. The molecule has 1 aromatic rings. The summed E-state index contributed by atoms with van der Waals surface area (Å²) < 4.78 is 5.23. The maximum atomic E-state index is 10.1. The van der Waals surface area contributed by atoms with Gasteiger partial charge in [-0.2, -0.15) is 4.80 Å². The van der Waals surface area contributed by atoms with E-state index in [0.29, 0.717) is 18.9 Å². The highest BCUT2D eigenvalue weighted by Crippen LogP contribution is 2.21. The third kappa shape index (κ3) is 2.08. The molecule has 2 heterocycles. The summed E-state index contributed by atoms with van der Waals surface area (Å²) in [7, 11) is 1.71. The molecule has 0 aliphatic carbocycles. The summed E-state index contributed by atoms with van der Waals surface area (Å²) in [5.74, 6) is 0.570. The van der Waals surface area contributed by atoms with Crippen LogP contribution in [-0.4, -0.2) is 44.1 Å². The Bertz CT molecular complexity index is 306. The Morgan fingerprint density at radius 1 is 1.64 bits per heavy atom. The van der Waals surface area contributed by atoms with Gasteiger partial charge in [-0.1, -0.05) is 0 Å². The van der Waals surface area contributed by atoms with Crippen molar-refractivity contribution in [1.82, 2.24) is 20.2 Å². The van der Waals surface area contributed by atoms with E-state index >= 15 is 0 Å². The predicted molar refractivity (Wildman–Crippen MR) is 47.5 cm³/mol. The molecule has 1 aliphatic rings. The number of aliphatic hydroxyl groups is 1. The number of aryl methyl sites for hydroxylation is 1. The number of tetrazole rings is 1. The number of hydrogen-bond acceptors (Lipinski definition) is 5. The van der Waals surface area contributed by atoms with Crippen molar-refractivity contribution in [1.29, 1.82) is 0 Å². The lowest BCUT2D eigenvalue weighted by molar-refractivity contribution is -0.0855. The Hall–Kier alpha value is -1.01. The van der Waals surface area contributed by atoms with E-state index in [1.807, 2.05) is 0 Å². The second kappa shape index (κ2) is 3.62. The molecule has 0 radical (unpaired) electrons. The monoisotopic (exact) mass is 198 g/mol. The first-order valence-corrected chi connectivity index (χ1v) is 4.71. The average molecular weight is 198 g/mol. The van der Waals surface area contributed by atoms with E-state index < -0.39 is 5.60 Å². The molecule has 0 amide bonds. The molecule has 1 aromatic heterocycles. The Morgan fingerprint density at radius 3 is 3.07 bits per heavy atom. The van der Waals surface area contributed by atoms with Gasteiger partial charge in [0.1, 0.15) is 0 Å². The molecule has 1 aliphatic heterocycles. The fourth-order valence-electron chi connectivity index (χ4n) is 1.67. The maximum Gasteiger partial charge on any atom is 0.177 e. The van der Waals surface area contributed by atoms with Crippen molar-refractivity contribution in [3.05, 3.63) is 5.82 Å². The molecule has 1 N–H and O–H groups in total. The minimum absolute atomic E-state index is 0.366. The summed E-state index contributed by atoms with van der Waals surface area (Å²) in [6, 6.07) is 0. The molecule has 1 fully saturated rings. The van der Waals surface area contributed by atoms with Gasteiger partial charge in [0.05, 0.1) is 19.3 Å². The molecule has 6 heteroatoms. The van der Waals surface area contributed by atoms with Gasteiger partial charge in [0.25, 0.3) is 0 Å². The van der Waals surface area contributed by atoms with Crippen molar-refractivity contribution in [2.75, 3.05) is 13.2 Å². The average Bonchev–Trinajstić information content (AvgIpc) is 2.51. The van der Waals surface area contributed by atoms with Crippen molar-refractivity contribution in [3.8, 4) is 0 Å². The minimum Gasteiger partial charge on any atom is -0.387 e. The summed E-state index contributed by atoms with van der Waals surface area (Å²) in [5.41, 5.74) is -0.804. The maximum absolute atomic E-state index is 10.1. The summed E-state index contributed by atoms with van der Waals surface area (Å²) in [6.45, 7) is 1.10. The van der Waals surface area contributed by atoms with Gasteiger partial charge in [0.15, 0.2) is 5.82 Å². The van der Waals surface area contributed by atoms with Crippen molar-refractivity contribution >= 4 is 0 Å². The molecule has 0 bridgehead atoms. The molecule has 6 nitrogen and oxygen atoms in total. The molecular formula is C8H14N4O2. The molecule has 0 spiro atoms. The lowest BCUT2D eigenvalue weighted by Crippen LogP contribution is -2.40. The minimum atomic E-state index is -0.804. The third-order valence-electron chi connectivity index (χ3n) is 2.34. The van der Waals surface area contributed by atoms with Crippen molar-refractivity contribution in [2.24, 2.45) is 7.05 Å². The van der Waals surface area contributed by atoms with Crippen LogP contribution in [0, 0.1) is 0 Å². The van der Waals surface area contributed by atoms with E-state index in [4.69, 9.17) is 4.74 Å². The predicted octanol–water partition coefficient (Wildman–Crippen LogP) is -0.706. The van der Waals surface area contributed by atoms with Crippen LogP contribution in [0.15, 0.2) is 0 Å². The highest BCUT2D eigenvalue weighted by molar-refractivity contribution is 4.92. The Kier molecular flexibility index (Phi) is 2.47. The van der Waals surface area contributed by atoms with Gasteiger partial charge in [0, 0.05) is 13.0 Å². The molecule has 1 saturated heterocycles. The van der Waals surface area contributed by atoms with Crippen LogP contribution < -0.4 is 0 Å². The lowest BCUT2D eigenvalue weighted by atomic mass is 9.93.